The molecule has 4 nitrogen and oxygen atoms in total. The number of allylic oxidation sites excluding steroid dienone is 11. The number of anilines is 2. The molecule has 6 radical (unpaired) electrons. The van der Waals surface area contributed by atoms with Gasteiger partial charge in [0.15, 0.2) is 0 Å². The standard InChI is InChI=1S/C48H44F6N2O2.2Pb/c1-2-29(40-26-33-10-4-19-55-21-6-12-38(43(33)55)45(40)57)14-16-31-8-3-9-32(42(31)35-24-36(47(49,50)51)28-37(25-35)48(52,53)54)17-15-30-18-23-58-46-39-13-7-22-56-20-5-11-34(44(39)56)27-41(30)46;;/h2,14-18,24-28,57H,1,3-13,19-22H2;;/b16-14+,29-2-,30-15+,32-17+;;. The third-order valence-electron chi connectivity index (χ3n) is 12.7. The zero-order valence-electron chi connectivity index (χ0n) is 33.2. The Morgan fingerprint density at radius 1 is 0.733 bits per heavy atom. The van der Waals surface area contributed by atoms with Crippen molar-refractivity contribution in [3.8, 4) is 11.5 Å². The molecular weight excluding hydrogens is 1160 g/mol. The van der Waals surface area contributed by atoms with Gasteiger partial charge in [0.05, 0.1) is 0 Å². The Morgan fingerprint density at radius 3 is 2.00 bits per heavy atom. The predicted octanol–water partition coefficient (Wildman–Crippen LogP) is 11.4. The minimum atomic E-state index is -4.99. The fourth-order valence-corrected chi connectivity index (χ4v) is 12.1. The summed E-state index contributed by atoms with van der Waals surface area (Å²) >= 11 is 1.53. The molecule has 0 saturated carbocycles. The number of aromatic hydroxyl groups is 1. The van der Waals surface area contributed by atoms with E-state index < -0.39 is 23.5 Å². The number of halogens is 6. The van der Waals surface area contributed by atoms with E-state index in [4.69, 9.17) is 4.74 Å². The second-order valence-corrected chi connectivity index (χ2v) is 20.1. The van der Waals surface area contributed by atoms with Crippen molar-refractivity contribution in [2.45, 2.75) is 87.0 Å². The second-order valence-electron chi connectivity index (χ2n) is 16.6. The zero-order valence-corrected chi connectivity index (χ0v) is 41.0. The number of phenols is 1. The third kappa shape index (κ3) is 8.09. The molecule has 308 valence electrons. The van der Waals surface area contributed by atoms with Crippen LogP contribution in [-0.4, -0.2) is 82.8 Å². The van der Waals surface area contributed by atoms with E-state index in [2.05, 4.69) is 28.0 Å². The van der Waals surface area contributed by atoms with Gasteiger partial charge in [0.25, 0.3) is 0 Å². The van der Waals surface area contributed by atoms with Crippen LogP contribution < -0.4 is 14.5 Å². The second kappa shape index (κ2) is 16.8. The van der Waals surface area contributed by atoms with Crippen LogP contribution in [0.5, 0.6) is 11.5 Å². The average molecular weight is 1210 g/mol. The number of nitrogens with zero attached hydrogens (tertiary/aromatic N) is 2. The Balaban J connectivity index is 1.20. The van der Waals surface area contributed by atoms with Crippen molar-refractivity contribution in [1.82, 2.24) is 0 Å². The number of alkyl halides is 6. The topological polar surface area (TPSA) is 35.9 Å². The van der Waals surface area contributed by atoms with Crippen LogP contribution in [0.3, 0.4) is 0 Å². The molecule has 0 amide bonds. The van der Waals surface area contributed by atoms with Crippen molar-refractivity contribution in [1.29, 1.82) is 0 Å². The van der Waals surface area contributed by atoms with E-state index in [1.54, 1.807) is 0 Å². The van der Waals surface area contributed by atoms with E-state index in [-0.39, 0.29) is 17.4 Å². The molecule has 3 aromatic rings. The molecule has 3 aromatic carbocycles. The van der Waals surface area contributed by atoms with Crippen LogP contribution in [-0.2, 0) is 38.0 Å². The molecule has 5 aliphatic heterocycles. The maximum absolute atomic E-state index is 14.4. The molecule has 6 aliphatic rings. The van der Waals surface area contributed by atoms with Crippen molar-refractivity contribution < 1.29 is 36.2 Å². The van der Waals surface area contributed by atoms with Crippen molar-refractivity contribution >= 4 is 79.6 Å². The summed E-state index contributed by atoms with van der Waals surface area (Å²) in [5.41, 5.74) is 9.53. The van der Waals surface area contributed by atoms with Crippen molar-refractivity contribution in [3.05, 3.63) is 131 Å². The van der Waals surface area contributed by atoms with Gasteiger partial charge in [-0.05, 0) is 0 Å². The first-order valence-corrected chi connectivity index (χ1v) is 25.6. The molecule has 0 saturated heterocycles. The van der Waals surface area contributed by atoms with Gasteiger partial charge in [0, 0.05) is 0 Å². The van der Waals surface area contributed by atoms with E-state index in [1.165, 1.54) is 22.4 Å². The number of ether oxygens (including phenoxy) is 1. The summed E-state index contributed by atoms with van der Waals surface area (Å²) in [6.45, 7) is 3.99. The minimum absolute atomic E-state index is 0.110. The van der Waals surface area contributed by atoms with Crippen LogP contribution in [0.15, 0.2) is 81.3 Å². The first-order chi connectivity index (χ1) is 28.8. The summed E-state index contributed by atoms with van der Waals surface area (Å²) in [4.78, 5) is 4.84. The Morgan fingerprint density at radius 2 is 1.35 bits per heavy atom. The van der Waals surface area contributed by atoms with E-state index in [0.717, 1.165) is 162 Å². The molecule has 0 fully saturated rings. The van der Waals surface area contributed by atoms with Crippen LogP contribution in [0.2, 0.25) is 3.98 Å². The summed E-state index contributed by atoms with van der Waals surface area (Å²) in [6, 6.07) is 6.25. The van der Waals surface area contributed by atoms with Crippen LogP contribution in [0.1, 0.15) is 95.0 Å². The van der Waals surface area contributed by atoms with Crippen molar-refractivity contribution in [2.24, 2.45) is 0 Å². The molecule has 1 N–H and O–H groups in total. The average Bonchev–Trinajstić information content (AvgIpc) is 3.22. The van der Waals surface area contributed by atoms with Gasteiger partial charge in [0.2, 0.25) is 0 Å². The van der Waals surface area contributed by atoms with Crippen LogP contribution >= 0.6 is 0 Å². The number of hydrogen-bond donors (Lipinski definition) is 1. The normalized spacial score (nSPS) is 20.7. The van der Waals surface area contributed by atoms with Gasteiger partial charge in [0.1, 0.15) is 0 Å². The molecule has 0 bridgehead atoms. The molecular formula is C48H44F6N2O2Pb2. The molecule has 0 atom stereocenters. The van der Waals surface area contributed by atoms with Gasteiger partial charge >= 0.3 is 382 Å². The zero-order chi connectivity index (χ0) is 41.9. The summed E-state index contributed by atoms with van der Waals surface area (Å²) in [7, 11) is 0. The van der Waals surface area contributed by atoms with Crippen molar-refractivity contribution in [3.63, 3.8) is 0 Å². The van der Waals surface area contributed by atoms with Gasteiger partial charge in [-0.2, -0.15) is 0 Å². The summed E-state index contributed by atoms with van der Waals surface area (Å²) in [5.74, 6) is 1.13. The van der Waals surface area contributed by atoms with E-state index in [9.17, 15) is 31.4 Å². The summed E-state index contributed by atoms with van der Waals surface area (Å²) < 4.78 is 94.4. The van der Waals surface area contributed by atoms with Crippen molar-refractivity contribution in [2.75, 3.05) is 36.0 Å². The SMILES string of the molecule is Oc1c(C(=C\[CH2][Pb])/C=C/C2=C(c3cc(C(F)(F)F)cc(C(F)(F)F)c3)C(=C/C=C3\C=[C]([Pb])Oc4c3cc3c5c4CCCN5CCC3)/CCC2)cc2c3c1CCCN3CCC2. The molecule has 0 aromatic heterocycles. The Bertz CT molecular complexity index is 2420. The molecule has 1 aliphatic carbocycles. The maximum atomic E-state index is 14.4. The first-order valence-electron chi connectivity index (χ1n) is 20.9. The van der Waals surface area contributed by atoms with Crippen LogP contribution in [0.4, 0.5) is 37.7 Å². The fourth-order valence-electron chi connectivity index (χ4n) is 10.2. The summed E-state index contributed by atoms with van der Waals surface area (Å²) in [5, 5.41) is 11.8. The molecule has 12 heteroatoms. The number of rotatable bonds is 6. The van der Waals surface area contributed by atoms with Crippen LogP contribution in [0.25, 0.3) is 16.7 Å². The Kier molecular flexibility index (Phi) is 11.8. The molecule has 60 heavy (non-hydrogen) atoms. The number of aryl methyl sites for hydroxylation is 2. The number of benzene rings is 3. The monoisotopic (exact) mass is 1210 g/mol. The molecule has 5 heterocycles. The van der Waals surface area contributed by atoms with E-state index in [0.29, 0.717) is 61.7 Å². The van der Waals surface area contributed by atoms with Gasteiger partial charge in [-0.1, -0.05) is 0 Å². The Labute approximate surface area is 378 Å². The summed E-state index contributed by atoms with van der Waals surface area (Å²) in [6.07, 6.45) is 11.1. The number of phenolic OH excluding ortho intramolecular Hbond substituents is 1. The molecule has 9 rings (SSSR count). The fraction of sp³-hybridized carbons (Fsp3) is 0.375. The van der Waals surface area contributed by atoms with Gasteiger partial charge in [-0.25, -0.2) is 0 Å². The van der Waals surface area contributed by atoms with Gasteiger partial charge in [-0.3, -0.25) is 0 Å². The van der Waals surface area contributed by atoms with E-state index in [1.807, 2.05) is 30.4 Å². The van der Waals surface area contributed by atoms with Gasteiger partial charge in [-0.15, -0.1) is 0 Å². The third-order valence-corrected chi connectivity index (χ3v) is 14.5. The molecule has 0 spiro atoms. The Hall–Kier alpha value is -3.28. The first kappa shape index (κ1) is 42.0. The van der Waals surface area contributed by atoms with Gasteiger partial charge < -0.3 is 0 Å². The molecule has 0 unspecified atom stereocenters. The predicted molar refractivity (Wildman–Crippen MR) is 228 cm³/mol. The van der Waals surface area contributed by atoms with E-state index >= 15 is 0 Å². The quantitative estimate of drug-likeness (QED) is 0.152. The number of hydrogen-bond acceptors (Lipinski definition) is 4. The number of fused-ring (bicyclic) bond motifs is 2. The van der Waals surface area contributed by atoms with Crippen LogP contribution in [0, 0.1) is 0 Å².